The minimum atomic E-state index is 0.322. The third kappa shape index (κ3) is 1.26. The van der Waals surface area contributed by atoms with Crippen molar-refractivity contribution in [2.75, 3.05) is 6.61 Å². The maximum absolute atomic E-state index is 5.33. The molecule has 1 atom stereocenters. The molecule has 0 radical (unpaired) electrons. The fourth-order valence-electron chi connectivity index (χ4n) is 1.25. The van der Waals surface area contributed by atoms with Crippen LogP contribution < -0.4 is 0 Å². The van der Waals surface area contributed by atoms with Crippen molar-refractivity contribution in [3.05, 3.63) is 29.6 Å². The summed E-state index contributed by atoms with van der Waals surface area (Å²) in [5.74, 6) is 0. The third-order valence-corrected chi connectivity index (χ3v) is 1.97. The Balaban J connectivity index is 2.23. The molecule has 0 saturated carbocycles. The quantitative estimate of drug-likeness (QED) is 0.608. The Morgan fingerprint density at radius 1 is 1.55 bits per heavy atom. The van der Waals surface area contributed by atoms with Gasteiger partial charge >= 0.3 is 0 Å². The molecule has 58 valence electrons. The van der Waals surface area contributed by atoms with Crippen LogP contribution in [0.1, 0.15) is 23.7 Å². The minimum Gasteiger partial charge on any atom is -0.373 e. The van der Waals surface area contributed by atoms with Gasteiger partial charge in [-0.1, -0.05) is 6.07 Å². The number of nitrogens with zero attached hydrogens (tertiary/aromatic N) is 1. The van der Waals surface area contributed by atoms with Crippen LogP contribution in [0.5, 0.6) is 0 Å². The SMILES string of the molecule is Cc1cncc(C2CCO2)c1. The van der Waals surface area contributed by atoms with Gasteiger partial charge in [-0.3, -0.25) is 4.98 Å². The van der Waals surface area contributed by atoms with Crippen molar-refractivity contribution < 1.29 is 4.74 Å². The second kappa shape index (κ2) is 2.62. The highest BCUT2D eigenvalue weighted by molar-refractivity contribution is 5.19. The molecule has 1 fully saturated rings. The summed E-state index contributed by atoms with van der Waals surface area (Å²) >= 11 is 0. The molecule has 1 aliphatic rings. The smallest absolute Gasteiger partial charge is 0.0861 e. The summed E-state index contributed by atoms with van der Waals surface area (Å²) in [7, 11) is 0. The van der Waals surface area contributed by atoms with Crippen LogP contribution in [0.25, 0.3) is 0 Å². The molecule has 2 nitrogen and oxygen atoms in total. The first-order chi connectivity index (χ1) is 5.36. The molecule has 0 spiro atoms. The molecule has 0 aliphatic carbocycles. The van der Waals surface area contributed by atoms with E-state index in [0.717, 1.165) is 13.0 Å². The third-order valence-electron chi connectivity index (χ3n) is 1.97. The van der Waals surface area contributed by atoms with E-state index in [4.69, 9.17) is 4.74 Å². The van der Waals surface area contributed by atoms with Crippen molar-refractivity contribution in [2.45, 2.75) is 19.4 Å². The fourth-order valence-corrected chi connectivity index (χ4v) is 1.25. The Morgan fingerprint density at radius 2 is 2.36 bits per heavy atom. The molecule has 1 aliphatic heterocycles. The van der Waals surface area contributed by atoms with Crippen LogP contribution in [0.2, 0.25) is 0 Å². The highest BCUT2D eigenvalue weighted by Crippen LogP contribution is 2.28. The molecule has 0 amide bonds. The van der Waals surface area contributed by atoms with Gasteiger partial charge in [0.05, 0.1) is 12.7 Å². The van der Waals surface area contributed by atoms with Crippen molar-refractivity contribution in [2.24, 2.45) is 0 Å². The average molecular weight is 149 g/mol. The van der Waals surface area contributed by atoms with Gasteiger partial charge in [-0.15, -0.1) is 0 Å². The van der Waals surface area contributed by atoms with Crippen LogP contribution in [0.3, 0.4) is 0 Å². The van der Waals surface area contributed by atoms with E-state index in [-0.39, 0.29) is 0 Å². The second-order valence-corrected chi connectivity index (χ2v) is 2.94. The van der Waals surface area contributed by atoms with Crippen LogP contribution in [-0.4, -0.2) is 11.6 Å². The highest BCUT2D eigenvalue weighted by atomic mass is 16.5. The molecule has 1 aromatic heterocycles. The first-order valence-corrected chi connectivity index (χ1v) is 3.89. The summed E-state index contributed by atoms with van der Waals surface area (Å²) in [6.45, 7) is 2.95. The van der Waals surface area contributed by atoms with Gasteiger partial charge in [-0.2, -0.15) is 0 Å². The van der Waals surface area contributed by atoms with Crippen molar-refractivity contribution in [3.63, 3.8) is 0 Å². The molecule has 1 aromatic rings. The molecule has 0 bridgehead atoms. The number of aryl methyl sites for hydroxylation is 1. The Morgan fingerprint density at radius 3 is 2.91 bits per heavy atom. The number of rotatable bonds is 1. The Kier molecular flexibility index (Phi) is 1.62. The molecule has 0 N–H and O–H groups in total. The zero-order valence-corrected chi connectivity index (χ0v) is 6.58. The predicted molar refractivity (Wildman–Crippen MR) is 42.3 cm³/mol. The average Bonchev–Trinajstić information content (AvgIpc) is 1.83. The van der Waals surface area contributed by atoms with Gasteiger partial charge < -0.3 is 4.74 Å². The van der Waals surface area contributed by atoms with Gasteiger partial charge in [0.25, 0.3) is 0 Å². The molecule has 1 unspecified atom stereocenters. The van der Waals surface area contributed by atoms with Gasteiger partial charge in [0, 0.05) is 18.8 Å². The number of pyridine rings is 1. The second-order valence-electron chi connectivity index (χ2n) is 2.94. The summed E-state index contributed by atoms with van der Waals surface area (Å²) in [6, 6.07) is 2.14. The summed E-state index contributed by atoms with van der Waals surface area (Å²) in [4.78, 5) is 4.11. The van der Waals surface area contributed by atoms with E-state index in [1.54, 1.807) is 0 Å². The first-order valence-electron chi connectivity index (χ1n) is 3.89. The first kappa shape index (κ1) is 6.80. The number of hydrogen-bond acceptors (Lipinski definition) is 2. The molecular weight excluding hydrogens is 138 g/mol. The highest BCUT2D eigenvalue weighted by Gasteiger charge is 2.19. The van der Waals surface area contributed by atoms with E-state index in [1.807, 2.05) is 12.4 Å². The largest absolute Gasteiger partial charge is 0.373 e. The lowest BCUT2D eigenvalue weighted by molar-refractivity contribution is -0.0529. The van der Waals surface area contributed by atoms with E-state index in [1.165, 1.54) is 11.1 Å². The Labute approximate surface area is 66.2 Å². The molecule has 2 heterocycles. The zero-order valence-electron chi connectivity index (χ0n) is 6.58. The molecule has 0 aromatic carbocycles. The molecule has 2 heteroatoms. The van der Waals surface area contributed by atoms with Gasteiger partial charge in [0.1, 0.15) is 0 Å². The van der Waals surface area contributed by atoms with Crippen LogP contribution >= 0.6 is 0 Å². The van der Waals surface area contributed by atoms with Gasteiger partial charge in [0.2, 0.25) is 0 Å². The molecule has 11 heavy (non-hydrogen) atoms. The van der Waals surface area contributed by atoms with Crippen LogP contribution in [0.15, 0.2) is 18.5 Å². The van der Waals surface area contributed by atoms with Crippen molar-refractivity contribution in [1.82, 2.24) is 4.98 Å². The zero-order chi connectivity index (χ0) is 7.68. The standard InChI is InChI=1S/C9H11NO/c1-7-4-8(6-10-5-7)9-2-3-11-9/h4-6,9H,2-3H2,1H3. The van der Waals surface area contributed by atoms with E-state index >= 15 is 0 Å². The van der Waals surface area contributed by atoms with Gasteiger partial charge in [-0.05, 0) is 18.1 Å². The topological polar surface area (TPSA) is 22.1 Å². The number of ether oxygens (including phenoxy) is 1. The Hall–Kier alpha value is -0.890. The van der Waals surface area contributed by atoms with Crippen LogP contribution in [0.4, 0.5) is 0 Å². The van der Waals surface area contributed by atoms with E-state index in [2.05, 4.69) is 18.0 Å². The van der Waals surface area contributed by atoms with Gasteiger partial charge in [0.15, 0.2) is 0 Å². The number of hydrogen-bond donors (Lipinski definition) is 0. The molecule has 2 rings (SSSR count). The Bertz CT molecular complexity index is 255. The number of aromatic nitrogens is 1. The summed E-state index contributed by atoms with van der Waals surface area (Å²) in [6.07, 6.45) is 5.21. The monoisotopic (exact) mass is 149 g/mol. The van der Waals surface area contributed by atoms with E-state index < -0.39 is 0 Å². The molecule has 1 saturated heterocycles. The maximum Gasteiger partial charge on any atom is 0.0861 e. The molecular formula is C9H11NO. The van der Waals surface area contributed by atoms with Crippen LogP contribution in [0, 0.1) is 6.92 Å². The lowest BCUT2D eigenvalue weighted by Crippen LogP contribution is -2.18. The van der Waals surface area contributed by atoms with Crippen LogP contribution in [-0.2, 0) is 4.74 Å². The lowest BCUT2D eigenvalue weighted by Gasteiger charge is -2.26. The van der Waals surface area contributed by atoms with E-state index in [9.17, 15) is 0 Å². The lowest BCUT2D eigenvalue weighted by atomic mass is 10.0. The maximum atomic E-state index is 5.33. The van der Waals surface area contributed by atoms with Crippen molar-refractivity contribution in [1.29, 1.82) is 0 Å². The van der Waals surface area contributed by atoms with Crippen molar-refractivity contribution >= 4 is 0 Å². The van der Waals surface area contributed by atoms with Crippen molar-refractivity contribution in [3.8, 4) is 0 Å². The summed E-state index contributed by atoms with van der Waals surface area (Å²) in [5.41, 5.74) is 2.43. The van der Waals surface area contributed by atoms with Gasteiger partial charge in [-0.25, -0.2) is 0 Å². The van der Waals surface area contributed by atoms with E-state index in [0.29, 0.717) is 6.10 Å². The predicted octanol–water partition coefficient (Wildman–Crippen LogP) is 1.85. The normalized spacial score (nSPS) is 22.8. The minimum absolute atomic E-state index is 0.322. The summed E-state index contributed by atoms with van der Waals surface area (Å²) in [5, 5.41) is 0. The summed E-state index contributed by atoms with van der Waals surface area (Å²) < 4.78 is 5.33. The fraction of sp³-hybridized carbons (Fsp3) is 0.444.